The van der Waals surface area contributed by atoms with Crippen LogP contribution in [0.4, 0.5) is 5.82 Å². The third-order valence-corrected chi connectivity index (χ3v) is 5.82. The number of nitrogens with zero attached hydrogens (tertiary/aromatic N) is 4. The summed E-state index contributed by atoms with van der Waals surface area (Å²) in [6.45, 7) is 10.8. The highest BCUT2D eigenvalue weighted by Gasteiger charge is 2.41. The average molecular weight is 385 g/mol. The second kappa shape index (κ2) is 8.00. The monoisotopic (exact) mass is 385 g/mol. The Kier molecular flexibility index (Phi) is 6.39. The van der Waals surface area contributed by atoms with Gasteiger partial charge in [0.05, 0.1) is 13.2 Å². The minimum atomic E-state index is -3.61. The highest BCUT2D eigenvalue weighted by atomic mass is 31.2. The number of fused-ring (bicyclic) bond motifs is 1. The predicted molar refractivity (Wildman–Crippen MR) is 99.8 cm³/mol. The minimum Gasteiger partial charge on any atom is -0.382 e. The quantitative estimate of drug-likeness (QED) is 0.688. The highest BCUT2D eigenvalue weighted by molar-refractivity contribution is 7.54. The van der Waals surface area contributed by atoms with Gasteiger partial charge in [-0.15, -0.1) is 0 Å². The minimum absolute atomic E-state index is 0.0956. The first-order chi connectivity index (χ1) is 12.2. The zero-order chi connectivity index (χ0) is 19.5. The van der Waals surface area contributed by atoms with Gasteiger partial charge < -0.3 is 24.1 Å². The number of nitrogens with two attached hydrogens (primary N) is 1. The topological polar surface area (TPSA) is 114 Å². The number of hydrogen-bond donors (Lipinski definition) is 1. The van der Waals surface area contributed by atoms with E-state index in [1.54, 1.807) is 13.8 Å². The lowest BCUT2D eigenvalue weighted by atomic mass is 9.97. The van der Waals surface area contributed by atoms with Crippen molar-refractivity contribution in [3.8, 4) is 0 Å². The van der Waals surface area contributed by atoms with Crippen LogP contribution < -0.4 is 5.73 Å². The second-order valence-electron chi connectivity index (χ2n) is 7.01. The number of hydrogen-bond acceptors (Lipinski definition) is 8. The van der Waals surface area contributed by atoms with Gasteiger partial charge in [-0.1, -0.05) is 20.8 Å². The van der Waals surface area contributed by atoms with Gasteiger partial charge in [-0.05, 0) is 19.3 Å². The number of anilines is 1. The van der Waals surface area contributed by atoms with E-state index in [0.29, 0.717) is 23.5 Å². The Hall–Kier alpha value is -1.54. The maximum Gasteiger partial charge on any atom is 0.366 e. The molecule has 0 spiro atoms. The Morgan fingerprint density at radius 3 is 2.35 bits per heavy atom. The van der Waals surface area contributed by atoms with E-state index in [1.165, 1.54) is 13.4 Å². The van der Waals surface area contributed by atoms with Crippen LogP contribution in [0.3, 0.4) is 0 Å². The lowest BCUT2D eigenvalue weighted by molar-refractivity contribution is 0.101. The molecule has 0 fully saturated rings. The Bertz CT molecular complexity index is 792. The molecule has 0 amide bonds. The third-order valence-electron chi connectivity index (χ3n) is 3.57. The molecule has 146 valence electrons. The normalized spacial score (nSPS) is 14.1. The van der Waals surface area contributed by atoms with Gasteiger partial charge in [0.1, 0.15) is 6.33 Å². The van der Waals surface area contributed by atoms with Crippen LogP contribution in [0.2, 0.25) is 0 Å². The van der Waals surface area contributed by atoms with E-state index in [9.17, 15) is 4.57 Å². The molecule has 0 saturated heterocycles. The Morgan fingerprint density at radius 1 is 1.23 bits per heavy atom. The predicted octanol–water partition coefficient (Wildman–Crippen LogP) is 3.37. The number of methoxy groups -OCH3 is 1. The fourth-order valence-corrected chi connectivity index (χ4v) is 4.50. The standard InChI is InChI=1S/C16H28N5O4P/c1-7-24-26(22,25-8-2)15(23-6)14-20-11-12(17)18-10-19-13(11)21(14)9-16(3,4)5/h10,15H,7-9H2,1-6H3,(H2,17,18,19). The summed E-state index contributed by atoms with van der Waals surface area (Å²) >= 11 is 0. The number of ether oxygens (including phenoxy) is 1. The molecule has 10 heteroatoms. The van der Waals surface area contributed by atoms with Crippen LogP contribution >= 0.6 is 7.60 Å². The fourth-order valence-electron chi connectivity index (χ4n) is 2.70. The van der Waals surface area contributed by atoms with Crippen LogP contribution in [0, 0.1) is 5.41 Å². The van der Waals surface area contributed by atoms with Crippen LogP contribution in [0.5, 0.6) is 0 Å². The Labute approximate surface area is 153 Å². The first-order valence-electron chi connectivity index (χ1n) is 8.55. The molecule has 2 heterocycles. The Morgan fingerprint density at radius 2 is 1.85 bits per heavy atom. The molecule has 0 aliphatic heterocycles. The van der Waals surface area contributed by atoms with E-state index in [0.717, 1.165) is 0 Å². The van der Waals surface area contributed by atoms with Gasteiger partial charge in [0.2, 0.25) is 5.85 Å². The second-order valence-corrected chi connectivity index (χ2v) is 9.08. The van der Waals surface area contributed by atoms with Crippen LogP contribution in [-0.4, -0.2) is 39.8 Å². The molecule has 9 nitrogen and oxygen atoms in total. The number of rotatable bonds is 8. The summed E-state index contributed by atoms with van der Waals surface area (Å²) in [4.78, 5) is 12.9. The molecule has 2 N–H and O–H groups in total. The molecule has 1 atom stereocenters. The maximum absolute atomic E-state index is 13.3. The first-order valence-corrected chi connectivity index (χ1v) is 10.2. The van der Waals surface area contributed by atoms with Crippen LogP contribution in [-0.2, 0) is 24.9 Å². The molecule has 0 aliphatic carbocycles. The third kappa shape index (κ3) is 4.23. The molecule has 26 heavy (non-hydrogen) atoms. The summed E-state index contributed by atoms with van der Waals surface area (Å²) in [6.07, 6.45) is 1.38. The van der Waals surface area contributed by atoms with E-state index in [1.807, 2.05) is 4.57 Å². The van der Waals surface area contributed by atoms with Crippen molar-refractivity contribution >= 4 is 24.6 Å². The van der Waals surface area contributed by atoms with Crippen molar-refractivity contribution in [2.45, 2.75) is 47.0 Å². The van der Waals surface area contributed by atoms with E-state index < -0.39 is 13.4 Å². The molecular formula is C16H28N5O4P. The maximum atomic E-state index is 13.3. The van der Waals surface area contributed by atoms with E-state index >= 15 is 0 Å². The number of imidazole rings is 1. The SMILES string of the molecule is CCOP(=O)(OCC)C(OC)c1nc2c(N)ncnc2n1CC(C)(C)C. The summed E-state index contributed by atoms with van der Waals surface area (Å²) in [5, 5.41) is 0. The molecule has 1 unspecified atom stereocenters. The van der Waals surface area contributed by atoms with Crippen molar-refractivity contribution in [3.05, 3.63) is 12.2 Å². The van der Waals surface area contributed by atoms with Crippen LogP contribution in [0.15, 0.2) is 6.33 Å². The van der Waals surface area contributed by atoms with Crippen molar-refractivity contribution < 1.29 is 18.3 Å². The van der Waals surface area contributed by atoms with Gasteiger partial charge in [-0.2, -0.15) is 0 Å². The van der Waals surface area contributed by atoms with Crippen molar-refractivity contribution in [1.29, 1.82) is 0 Å². The largest absolute Gasteiger partial charge is 0.382 e. The summed E-state index contributed by atoms with van der Waals surface area (Å²) < 4.78 is 31.7. The molecule has 0 aliphatic rings. The summed E-state index contributed by atoms with van der Waals surface area (Å²) in [7, 11) is -2.16. The smallest absolute Gasteiger partial charge is 0.366 e. The summed E-state index contributed by atoms with van der Waals surface area (Å²) in [6, 6.07) is 0. The highest BCUT2D eigenvalue weighted by Crippen LogP contribution is 2.61. The zero-order valence-corrected chi connectivity index (χ0v) is 17.1. The lowest BCUT2D eigenvalue weighted by Gasteiger charge is -2.27. The van der Waals surface area contributed by atoms with Crippen molar-refractivity contribution in [1.82, 2.24) is 19.5 Å². The van der Waals surface area contributed by atoms with Crippen molar-refractivity contribution in [2.24, 2.45) is 5.41 Å². The van der Waals surface area contributed by atoms with Crippen molar-refractivity contribution in [3.63, 3.8) is 0 Å². The van der Waals surface area contributed by atoms with Gasteiger partial charge in [0, 0.05) is 13.7 Å². The van der Waals surface area contributed by atoms with Crippen molar-refractivity contribution in [2.75, 3.05) is 26.1 Å². The van der Waals surface area contributed by atoms with E-state index in [-0.39, 0.29) is 24.4 Å². The molecular weight excluding hydrogens is 357 g/mol. The molecule has 2 aromatic rings. The summed E-state index contributed by atoms with van der Waals surface area (Å²) in [5.74, 6) is -0.352. The molecule has 0 aromatic carbocycles. The Balaban J connectivity index is 2.70. The van der Waals surface area contributed by atoms with Gasteiger partial charge in [-0.3, -0.25) is 4.57 Å². The molecule has 0 radical (unpaired) electrons. The van der Waals surface area contributed by atoms with Gasteiger partial charge in [0.25, 0.3) is 0 Å². The molecule has 0 saturated carbocycles. The molecule has 0 bridgehead atoms. The molecule has 2 aromatic heterocycles. The van der Waals surface area contributed by atoms with Gasteiger partial charge >= 0.3 is 7.60 Å². The van der Waals surface area contributed by atoms with Crippen LogP contribution in [0.25, 0.3) is 11.2 Å². The fraction of sp³-hybridized carbons (Fsp3) is 0.688. The van der Waals surface area contributed by atoms with Crippen LogP contribution in [0.1, 0.15) is 46.3 Å². The summed E-state index contributed by atoms with van der Waals surface area (Å²) in [5.41, 5.74) is 6.87. The number of aromatic nitrogens is 4. The van der Waals surface area contributed by atoms with Gasteiger partial charge in [-0.25, -0.2) is 15.0 Å². The van der Waals surface area contributed by atoms with Gasteiger partial charge in [0.15, 0.2) is 22.8 Å². The first kappa shape index (κ1) is 20.8. The average Bonchev–Trinajstić information content (AvgIpc) is 2.87. The zero-order valence-electron chi connectivity index (χ0n) is 16.2. The van der Waals surface area contributed by atoms with E-state index in [2.05, 4.69) is 35.7 Å². The van der Waals surface area contributed by atoms with E-state index in [4.69, 9.17) is 19.5 Å². The number of nitrogen functional groups attached to an aromatic ring is 1. The lowest BCUT2D eigenvalue weighted by Crippen LogP contribution is -2.21. The molecule has 2 rings (SSSR count).